The molecule has 0 unspecified atom stereocenters. The number of methoxy groups -OCH3 is 1. The molecule has 0 saturated carbocycles. The maximum absolute atomic E-state index is 11.9. The third-order valence-electron chi connectivity index (χ3n) is 3.81. The van der Waals surface area contributed by atoms with Crippen molar-refractivity contribution in [2.24, 2.45) is 0 Å². The highest BCUT2D eigenvalue weighted by atomic mass is 32.2. The zero-order chi connectivity index (χ0) is 15.7. The van der Waals surface area contributed by atoms with Crippen molar-refractivity contribution in [3.63, 3.8) is 0 Å². The van der Waals surface area contributed by atoms with Crippen LogP contribution in [0.15, 0.2) is 24.3 Å². The van der Waals surface area contributed by atoms with Gasteiger partial charge in [-0.25, -0.2) is 0 Å². The van der Waals surface area contributed by atoms with Gasteiger partial charge in [-0.1, -0.05) is 19.9 Å². The van der Waals surface area contributed by atoms with E-state index >= 15 is 0 Å². The monoisotopic (exact) mass is 310 g/mol. The molecule has 4 nitrogen and oxygen atoms in total. The Hall–Kier alpha value is -1.20. The second-order valence-corrected chi connectivity index (χ2v) is 6.25. The van der Waals surface area contributed by atoms with E-state index < -0.39 is 0 Å². The van der Waals surface area contributed by atoms with Crippen LogP contribution in [0, 0.1) is 0 Å². The first-order chi connectivity index (χ1) is 10.1. The minimum Gasteiger partial charge on any atom is -0.497 e. The Morgan fingerprint density at radius 1 is 1.33 bits per heavy atom. The van der Waals surface area contributed by atoms with Crippen molar-refractivity contribution >= 4 is 23.4 Å². The highest BCUT2D eigenvalue weighted by Gasteiger charge is 2.24. The SMILES string of the molecule is CCC(CC)(CNCC(=O)Nc1cccc(OC)c1)SC. The molecule has 1 aromatic rings. The van der Waals surface area contributed by atoms with E-state index in [9.17, 15) is 4.79 Å². The highest BCUT2D eigenvalue weighted by molar-refractivity contribution is 8.00. The van der Waals surface area contributed by atoms with Gasteiger partial charge in [0.2, 0.25) is 5.91 Å². The van der Waals surface area contributed by atoms with Gasteiger partial charge in [-0.3, -0.25) is 4.79 Å². The summed E-state index contributed by atoms with van der Waals surface area (Å²) in [4.78, 5) is 11.9. The summed E-state index contributed by atoms with van der Waals surface area (Å²) in [6, 6.07) is 7.37. The molecule has 0 aliphatic carbocycles. The molecule has 5 heteroatoms. The van der Waals surface area contributed by atoms with Crippen molar-refractivity contribution in [2.45, 2.75) is 31.4 Å². The van der Waals surface area contributed by atoms with Crippen LogP contribution < -0.4 is 15.4 Å². The molecule has 21 heavy (non-hydrogen) atoms. The van der Waals surface area contributed by atoms with Crippen molar-refractivity contribution in [2.75, 3.05) is 31.8 Å². The Bertz CT molecular complexity index is 439. The van der Waals surface area contributed by atoms with Crippen LogP contribution in [0.25, 0.3) is 0 Å². The molecule has 2 N–H and O–H groups in total. The maximum atomic E-state index is 11.9. The van der Waals surface area contributed by atoms with Crippen LogP contribution in [-0.2, 0) is 4.79 Å². The summed E-state index contributed by atoms with van der Waals surface area (Å²) in [5.41, 5.74) is 0.753. The van der Waals surface area contributed by atoms with Gasteiger partial charge in [0.1, 0.15) is 5.75 Å². The topological polar surface area (TPSA) is 50.4 Å². The van der Waals surface area contributed by atoms with E-state index in [-0.39, 0.29) is 10.7 Å². The van der Waals surface area contributed by atoms with Gasteiger partial charge in [-0.2, -0.15) is 11.8 Å². The minimum atomic E-state index is -0.0366. The molecule has 118 valence electrons. The fourth-order valence-corrected chi connectivity index (χ4v) is 2.99. The number of nitrogens with one attached hydrogen (secondary N) is 2. The molecule has 1 aromatic carbocycles. The Labute approximate surface area is 132 Å². The smallest absolute Gasteiger partial charge is 0.238 e. The van der Waals surface area contributed by atoms with Gasteiger partial charge >= 0.3 is 0 Å². The highest BCUT2D eigenvalue weighted by Crippen LogP contribution is 2.29. The predicted molar refractivity (Wildman–Crippen MR) is 91.3 cm³/mol. The second kappa shape index (κ2) is 8.95. The number of carbonyl (C=O) groups excluding carboxylic acids is 1. The Morgan fingerprint density at radius 3 is 2.62 bits per heavy atom. The zero-order valence-electron chi connectivity index (χ0n) is 13.4. The van der Waals surface area contributed by atoms with Crippen LogP contribution in [0.2, 0.25) is 0 Å². The largest absolute Gasteiger partial charge is 0.497 e. The van der Waals surface area contributed by atoms with Crippen molar-refractivity contribution in [3.05, 3.63) is 24.3 Å². The maximum Gasteiger partial charge on any atom is 0.238 e. The zero-order valence-corrected chi connectivity index (χ0v) is 14.2. The minimum absolute atomic E-state index is 0.0366. The lowest BCUT2D eigenvalue weighted by molar-refractivity contribution is -0.115. The molecule has 1 rings (SSSR count). The number of ether oxygens (including phenoxy) is 1. The van der Waals surface area contributed by atoms with Crippen molar-refractivity contribution in [1.82, 2.24) is 5.32 Å². The van der Waals surface area contributed by atoms with Crippen molar-refractivity contribution in [3.8, 4) is 5.75 Å². The van der Waals surface area contributed by atoms with Crippen LogP contribution in [0.3, 0.4) is 0 Å². The van der Waals surface area contributed by atoms with E-state index in [0.29, 0.717) is 6.54 Å². The average molecular weight is 310 g/mol. The van der Waals surface area contributed by atoms with Gasteiger partial charge in [-0.05, 0) is 31.2 Å². The normalized spacial score (nSPS) is 11.2. The summed E-state index contributed by atoms with van der Waals surface area (Å²) in [6.07, 6.45) is 4.31. The molecular formula is C16H26N2O2S. The fourth-order valence-electron chi connectivity index (χ4n) is 2.17. The lowest BCUT2D eigenvalue weighted by Gasteiger charge is -2.29. The summed E-state index contributed by atoms with van der Waals surface area (Å²) >= 11 is 1.87. The quantitative estimate of drug-likeness (QED) is 0.736. The van der Waals surface area contributed by atoms with Gasteiger partial charge < -0.3 is 15.4 Å². The standard InChI is InChI=1S/C16H26N2O2S/c1-5-16(6-2,21-4)12-17-11-15(19)18-13-8-7-9-14(10-13)20-3/h7-10,17H,5-6,11-12H2,1-4H3,(H,18,19). The average Bonchev–Trinajstić information content (AvgIpc) is 2.52. The third-order valence-corrected chi connectivity index (χ3v) is 5.40. The molecule has 1 amide bonds. The van der Waals surface area contributed by atoms with Crippen molar-refractivity contribution < 1.29 is 9.53 Å². The lowest BCUT2D eigenvalue weighted by Crippen LogP contribution is -2.40. The molecule has 0 spiro atoms. The van der Waals surface area contributed by atoms with Gasteiger partial charge in [-0.15, -0.1) is 0 Å². The Balaban J connectivity index is 2.43. The van der Waals surface area contributed by atoms with E-state index in [1.807, 2.05) is 36.0 Å². The number of benzene rings is 1. The summed E-state index contributed by atoms with van der Waals surface area (Å²) in [5, 5.41) is 6.13. The molecule has 0 aromatic heterocycles. The summed E-state index contributed by atoms with van der Waals surface area (Å²) in [6.45, 7) is 5.54. The van der Waals surface area contributed by atoms with Gasteiger partial charge in [0.25, 0.3) is 0 Å². The van der Waals surface area contributed by atoms with Crippen LogP contribution in [0.1, 0.15) is 26.7 Å². The molecule has 0 heterocycles. The molecule has 0 aliphatic rings. The molecule has 0 bridgehead atoms. The van der Waals surface area contributed by atoms with Crippen LogP contribution in [0.5, 0.6) is 5.75 Å². The number of hydrogen-bond acceptors (Lipinski definition) is 4. The molecule has 0 fully saturated rings. The summed E-state index contributed by atoms with van der Waals surface area (Å²) in [5.74, 6) is 0.699. The number of anilines is 1. The first-order valence-corrected chi connectivity index (χ1v) is 8.51. The fraction of sp³-hybridized carbons (Fsp3) is 0.562. The summed E-state index contributed by atoms with van der Waals surface area (Å²) in [7, 11) is 1.61. The molecule has 0 atom stereocenters. The molecule has 0 aliphatic heterocycles. The van der Waals surface area contributed by atoms with Gasteiger partial charge in [0.15, 0.2) is 0 Å². The third kappa shape index (κ3) is 5.59. The van der Waals surface area contributed by atoms with Gasteiger partial charge in [0.05, 0.1) is 13.7 Å². The lowest BCUT2D eigenvalue weighted by atomic mass is 10.0. The van der Waals surface area contributed by atoms with E-state index in [2.05, 4.69) is 30.7 Å². The first-order valence-electron chi connectivity index (χ1n) is 7.29. The van der Waals surface area contributed by atoms with E-state index in [0.717, 1.165) is 30.8 Å². The number of amides is 1. The molecular weight excluding hydrogens is 284 g/mol. The first kappa shape index (κ1) is 17.9. The van der Waals surface area contributed by atoms with E-state index in [4.69, 9.17) is 4.74 Å². The summed E-state index contributed by atoms with van der Waals surface area (Å²) < 4.78 is 5.35. The molecule has 0 saturated heterocycles. The van der Waals surface area contributed by atoms with Crippen molar-refractivity contribution in [1.29, 1.82) is 0 Å². The Kier molecular flexibility index (Phi) is 7.61. The second-order valence-electron chi connectivity index (χ2n) is 4.98. The number of thioether (sulfide) groups is 1. The Morgan fingerprint density at radius 2 is 2.05 bits per heavy atom. The van der Waals surface area contributed by atoms with Crippen LogP contribution in [0.4, 0.5) is 5.69 Å². The van der Waals surface area contributed by atoms with Gasteiger partial charge in [0, 0.05) is 23.0 Å². The number of rotatable bonds is 9. The van der Waals surface area contributed by atoms with E-state index in [1.54, 1.807) is 7.11 Å². The molecule has 0 radical (unpaired) electrons. The number of hydrogen-bond donors (Lipinski definition) is 2. The van der Waals surface area contributed by atoms with Crippen LogP contribution >= 0.6 is 11.8 Å². The van der Waals surface area contributed by atoms with Crippen LogP contribution in [-0.4, -0.2) is 37.1 Å². The number of carbonyl (C=O) groups is 1. The predicted octanol–water partition coefficient (Wildman–Crippen LogP) is 3.15. The van der Waals surface area contributed by atoms with E-state index in [1.165, 1.54) is 0 Å².